The molecular weight excluding hydrogens is 346 g/mol. The third-order valence-corrected chi connectivity index (χ3v) is 4.08. The fourth-order valence-electron chi connectivity index (χ4n) is 2.25. The van der Waals surface area contributed by atoms with Crippen molar-refractivity contribution in [1.82, 2.24) is 4.90 Å². The zero-order valence-electron chi connectivity index (χ0n) is 9.86. The van der Waals surface area contributed by atoms with Crippen LogP contribution >= 0.6 is 32.9 Å². The predicted molar refractivity (Wildman–Crippen MR) is 79.5 cm³/mol. The van der Waals surface area contributed by atoms with Gasteiger partial charge in [0.15, 0.2) is 5.78 Å². The molecule has 94 valence electrons. The molecule has 0 radical (unpaired) electrons. The summed E-state index contributed by atoms with van der Waals surface area (Å²) >= 11 is 3.65. The van der Waals surface area contributed by atoms with Gasteiger partial charge < -0.3 is 4.90 Å². The van der Waals surface area contributed by atoms with Gasteiger partial charge in [0.1, 0.15) is 4.32 Å². The smallest absolute Gasteiger partial charge is 0.180 e. The van der Waals surface area contributed by atoms with Gasteiger partial charge in [0.05, 0.1) is 0 Å². The van der Waals surface area contributed by atoms with Crippen LogP contribution in [-0.2, 0) is 0 Å². The highest BCUT2D eigenvalue weighted by molar-refractivity contribution is 9.10. The van der Waals surface area contributed by atoms with Gasteiger partial charge in [-0.15, -0.1) is 17.0 Å². The van der Waals surface area contributed by atoms with E-state index in [4.69, 9.17) is 0 Å². The van der Waals surface area contributed by atoms with E-state index in [9.17, 15) is 4.79 Å². The molecule has 0 aromatic heterocycles. The Hall–Kier alpha value is -0.190. The van der Waals surface area contributed by atoms with Gasteiger partial charge in [-0.25, -0.2) is 0 Å². The van der Waals surface area contributed by atoms with Gasteiger partial charge in [0, 0.05) is 12.1 Å². The average molecular weight is 363 g/mol. The maximum absolute atomic E-state index is 12.4. The van der Waals surface area contributed by atoms with E-state index in [1.807, 2.05) is 30.3 Å². The number of ketones is 1. The number of benzene rings is 1. The molecule has 2 rings (SSSR count). The number of hydrogen-bond donors (Lipinski definition) is 0. The molecule has 1 atom stereocenters. The zero-order chi connectivity index (χ0) is 11.6. The highest BCUT2D eigenvalue weighted by Gasteiger charge is 2.38. The molecule has 1 aliphatic heterocycles. The Morgan fingerprint density at radius 2 is 2.00 bits per heavy atom. The van der Waals surface area contributed by atoms with Crippen molar-refractivity contribution in [2.24, 2.45) is 0 Å². The fourth-order valence-corrected chi connectivity index (χ4v) is 3.19. The average Bonchev–Trinajstić information content (AvgIpc) is 2.29. The van der Waals surface area contributed by atoms with Gasteiger partial charge in [-0.1, -0.05) is 46.3 Å². The number of hydrogen-bond acceptors (Lipinski definition) is 2. The van der Waals surface area contributed by atoms with Crippen LogP contribution < -0.4 is 0 Å². The molecule has 0 spiro atoms. The first kappa shape index (κ1) is 14.9. The molecule has 0 bridgehead atoms. The Labute approximate surface area is 121 Å². The van der Waals surface area contributed by atoms with Crippen molar-refractivity contribution in [2.75, 3.05) is 20.1 Å². The van der Waals surface area contributed by atoms with Gasteiger partial charge in [-0.2, -0.15) is 0 Å². The Balaban J connectivity index is 0.00000144. The van der Waals surface area contributed by atoms with E-state index in [0.717, 1.165) is 31.5 Å². The maximum Gasteiger partial charge on any atom is 0.180 e. The quantitative estimate of drug-likeness (QED) is 0.594. The van der Waals surface area contributed by atoms with Crippen molar-refractivity contribution in [1.29, 1.82) is 0 Å². The molecule has 1 unspecified atom stereocenters. The summed E-state index contributed by atoms with van der Waals surface area (Å²) in [5.41, 5.74) is 0.801. The molecule has 1 heterocycles. The van der Waals surface area contributed by atoms with Crippen LogP contribution in [0.3, 0.4) is 0 Å². The monoisotopic (exact) mass is 361 g/mol. The van der Waals surface area contributed by atoms with Gasteiger partial charge in [0.25, 0.3) is 0 Å². The number of alkyl halides is 1. The summed E-state index contributed by atoms with van der Waals surface area (Å²) in [6, 6.07) is 9.54. The molecule has 0 saturated carbocycles. The van der Waals surface area contributed by atoms with Crippen LogP contribution in [0.2, 0.25) is 0 Å². The van der Waals surface area contributed by atoms with Crippen molar-refractivity contribution in [3.63, 3.8) is 0 Å². The predicted octanol–water partition coefficient (Wildman–Crippen LogP) is 3.31. The van der Waals surface area contributed by atoms with Crippen LogP contribution in [0.5, 0.6) is 0 Å². The number of nitrogens with zero attached hydrogens (tertiary/aromatic N) is 1. The highest BCUT2D eigenvalue weighted by Crippen LogP contribution is 2.32. The van der Waals surface area contributed by atoms with E-state index >= 15 is 0 Å². The van der Waals surface area contributed by atoms with Gasteiger partial charge in [0.2, 0.25) is 0 Å². The summed E-state index contributed by atoms with van der Waals surface area (Å²) < 4.78 is -0.388. The van der Waals surface area contributed by atoms with Crippen molar-refractivity contribution in [2.45, 2.75) is 17.2 Å². The number of Topliss-reactive ketones (excluding diaryl/α,β-unsaturated/α-hetero) is 1. The Morgan fingerprint density at radius 1 is 1.35 bits per heavy atom. The fraction of sp³-hybridized carbons (Fsp3) is 0.462. The van der Waals surface area contributed by atoms with E-state index in [-0.39, 0.29) is 27.1 Å². The number of carbonyl (C=O) groups is 1. The second-order valence-corrected chi connectivity index (χ2v) is 6.02. The zero-order valence-corrected chi connectivity index (χ0v) is 13.2. The summed E-state index contributed by atoms with van der Waals surface area (Å²) in [5, 5.41) is 0. The third kappa shape index (κ3) is 3.39. The van der Waals surface area contributed by atoms with Crippen molar-refractivity contribution < 1.29 is 4.79 Å². The molecule has 17 heavy (non-hydrogen) atoms. The van der Waals surface area contributed by atoms with E-state index in [1.165, 1.54) is 0 Å². The molecule has 1 aliphatic rings. The molecule has 0 aliphatic carbocycles. The standard InChI is InChI=1S/C13H16BrNO.BrH/c1-15-9-5-8-13(14,10-15)12(16)11-6-3-2-4-7-11;/h2-4,6-7H,5,8-10H2,1H3;1H. The van der Waals surface area contributed by atoms with Gasteiger partial charge >= 0.3 is 0 Å². The summed E-state index contributed by atoms with van der Waals surface area (Å²) in [7, 11) is 2.06. The number of carbonyl (C=O) groups excluding carboxylic acids is 1. The number of piperidine rings is 1. The van der Waals surface area contributed by atoms with Crippen LogP contribution in [0.4, 0.5) is 0 Å². The number of rotatable bonds is 2. The molecule has 1 saturated heterocycles. The van der Waals surface area contributed by atoms with Gasteiger partial charge in [-0.3, -0.25) is 4.79 Å². The topological polar surface area (TPSA) is 20.3 Å². The summed E-state index contributed by atoms with van der Waals surface area (Å²) in [6.07, 6.45) is 1.99. The third-order valence-electron chi connectivity index (χ3n) is 3.08. The molecule has 0 amide bonds. The lowest BCUT2D eigenvalue weighted by Crippen LogP contribution is -2.47. The lowest BCUT2D eigenvalue weighted by Gasteiger charge is -2.35. The van der Waals surface area contributed by atoms with Crippen LogP contribution in [-0.4, -0.2) is 35.1 Å². The van der Waals surface area contributed by atoms with E-state index in [2.05, 4.69) is 27.9 Å². The summed E-state index contributed by atoms with van der Waals surface area (Å²) in [6.45, 7) is 1.87. The molecule has 0 N–H and O–H groups in total. The van der Waals surface area contributed by atoms with E-state index in [1.54, 1.807) is 0 Å². The minimum Gasteiger partial charge on any atom is -0.305 e. The van der Waals surface area contributed by atoms with E-state index in [0.29, 0.717) is 0 Å². The normalized spacial score (nSPS) is 25.1. The Morgan fingerprint density at radius 3 is 2.59 bits per heavy atom. The first-order valence-electron chi connectivity index (χ1n) is 5.59. The SMILES string of the molecule is Br.CN1CCCC(Br)(C(=O)c2ccccc2)C1. The lowest BCUT2D eigenvalue weighted by atomic mass is 9.90. The first-order chi connectivity index (χ1) is 7.62. The minimum atomic E-state index is -0.388. The summed E-state index contributed by atoms with van der Waals surface area (Å²) in [5.74, 6) is 0.208. The highest BCUT2D eigenvalue weighted by atomic mass is 79.9. The minimum absolute atomic E-state index is 0. The van der Waals surface area contributed by atoms with Crippen LogP contribution in [0.15, 0.2) is 30.3 Å². The molecule has 2 nitrogen and oxygen atoms in total. The lowest BCUT2D eigenvalue weighted by molar-refractivity contribution is 0.0889. The Kier molecular flexibility index (Phi) is 5.35. The van der Waals surface area contributed by atoms with Gasteiger partial charge in [-0.05, 0) is 26.4 Å². The van der Waals surface area contributed by atoms with Crippen LogP contribution in [0.1, 0.15) is 23.2 Å². The Bertz CT molecular complexity index is 382. The van der Waals surface area contributed by atoms with E-state index < -0.39 is 0 Å². The molecule has 1 fully saturated rings. The number of likely N-dealkylation sites (tertiary alicyclic amines) is 1. The maximum atomic E-state index is 12.4. The molecule has 4 heteroatoms. The molecular formula is C13H17Br2NO. The van der Waals surface area contributed by atoms with Crippen LogP contribution in [0.25, 0.3) is 0 Å². The van der Waals surface area contributed by atoms with Crippen molar-refractivity contribution in [3.8, 4) is 0 Å². The second-order valence-electron chi connectivity index (χ2n) is 4.50. The second kappa shape index (κ2) is 6.12. The number of halogens is 2. The van der Waals surface area contributed by atoms with Crippen molar-refractivity contribution >= 4 is 38.7 Å². The molecule has 1 aromatic carbocycles. The first-order valence-corrected chi connectivity index (χ1v) is 6.38. The van der Waals surface area contributed by atoms with Crippen molar-refractivity contribution in [3.05, 3.63) is 35.9 Å². The summed E-state index contributed by atoms with van der Waals surface area (Å²) in [4.78, 5) is 14.6. The molecule has 1 aromatic rings. The largest absolute Gasteiger partial charge is 0.305 e. The van der Waals surface area contributed by atoms with Crippen LogP contribution in [0, 0.1) is 0 Å².